The van der Waals surface area contributed by atoms with Gasteiger partial charge >= 0.3 is 5.97 Å². The molecule has 0 aliphatic heterocycles. The van der Waals surface area contributed by atoms with Crippen LogP contribution in [0.15, 0.2) is 48.5 Å². The zero-order valence-corrected chi connectivity index (χ0v) is 15.0. The number of rotatable bonds is 7. The summed E-state index contributed by atoms with van der Waals surface area (Å²) in [5.41, 5.74) is 3.57. The Morgan fingerprint density at radius 2 is 1.80 bits per heavy atom. The molecule has 0 fully saturated rings. The number of nitrogens with one attached hydrogen (secondary N) is 1. The monoisotopic (exact) mass is 339 g/mol. The van der Waals surface area contributed by atoms with Crippen LogP contribution in [0.1, 0.15) is 40.4 Å². The molecule has 1 unspecified atom stereocenters. The summed E-state index contributed by atoms with van der Waals surface area (Å²) < 4.78 is 5.14. The van der Waals surface area contributed by atoms with E-state index in [4.69, 9.17) is 4.74 Å². The number of carbonyl (C=O) groups is 2. The largest absolute Gasteiger partial charge is 0.452 e. The summed E-state index contributed by atoms with van der Waals surface area (Å²) in [5, 5.41) is 2.87. The van der Waals surface area contributed by atoms with Crippen LogP contribution in [0.25, 0.3) is 0 Å². The third-order valence-corrected chi connectivity index (χ3v) is 4.06. The van der Waals surface area contributed by atoms with Crippen molar-refractivity contribution in [3.05, 3.63) is 70.8 Å². The molecule has 1 atom stereocenters. The van der Waals surface area contributed by atoms with Crippen LogP contribution in [0.4, 0.5) is 0 Å². The zero-order chi connectivity index (χ0) is 18.2. The van der Waals surface area contributed by atoms with Crippen LogP contribution in [-0.2, 0) is 16.0 Å². The summed E-state index contributed by atoms with van der Waals surface area (Å²) in [6, 6.07) is 15.7. The van der Waals surface area contributed by atoms with Gasteiger partial charge in [0.05, 0.1) is 5.56 Å². The molecule has 0 radical (unpaired) electrons. The minimum absolute atomic E-state index is 0.0205. The molecule has 2 aromatic carbocycles. The first-order valence-corrected chi connectivity index (χ1v) is 8.53. The lowest BCUT2D eigenvalue weighted by Crippen LogP contribution is -2.36. The first kappa shape index (κ1) is 18.7. The molecule has 0 saturated carbocycles. The van der Waals surface area contributed by atoms with Crippen LogP contribution in [-0.4, -0.2) is 24.5 Å². The Bertz CT molecular complexity index is 725. The van der Waals surface area contributed by atoms with Gasteiger partial charge in [0.1, 0.15) is 0 Å². The quantitative estimate of drug-likeness (QED) is 0.784. The Labute approximate surface area is 149 Å². The van der Waals surface area contributed by atoms with Crippen LogP contribution < -0.4 is 5.32 Å². The van der Waals surface area contributed by atoms with Crippen LogP contribution in [0, 0.1) is 13.8 Å². The molecular formula is C21H25NO3. The summed E-state index contributed by atoms with van der Waals surface area (Å²) in [6.45, 7) is 5.45. The second-order valence-electron chi connectivity index (χ2n) is 6.39. The number of hydrogen-bond acceptors (Lipinski definition) is 3. The Morgan fingerprint density at radius 3 is 2.52 bits per heavy atom. The van der Waals surface area contributed by atoms with E-state index in [0.29, 0.717) is 5.56 Å². The number of benzene rings is 2. The van der Waals surface area contributed by atoms with E-state index in [1.807, 2.05) is 51.1 Å². The third kappa shape index (κ3) is 6.07. The molecule has 0 bridgehead atoms. The van der Waals surface area contributed by atoms with Gasteiger partial charge in [-0.2, -0.15) is 0 Å². The fraction of sp³-hybridized carbons (Fsp3) is 0.333. The maximum atomic E-state index is 12.1. The summed E-state index contributed by atoms with van der Waals surface area (Å²) in [6.07, 6.45) is 1.73. The van der Waals surface area contributed by atoms with E-state index in [1.165, 1.54) is 5.56 Å². The van der Waals surface area contributed by atoms with Gasteiger partial charge in [-0.25, -0.2) is 4.79 Å². The molecule has 4 heteroatoms. The van der Waals surface area contributed by atoms with Crippen molar-refractivity contribution in [2.24, 2.45) is 0 Å². The number of aryl methyl sites for hydroxylation is 3. The number of hydrogen-bond donors (Lipinski definition) is 1. The normalized spacial score (nSPS) is 11.6. The number of amides is 1. The molecular weight excluding hydrogens is 314 g/mol. The van der Waals surface area contributed by atoms with E-state index in [0.717, 1.165) is 24.0 Å². The molecule has 0 spiro atoms. The first-order chi connectivity index (χ1) is 12.0. The van der Waals surface area contributed by atoms with Gasteiger partial charge in [-0.3, -0.25) is 4.79 Å². The lowest BCUT2D eigenvalue weighted by molar-refractivity contribution is -0.124. The van der Waals surface area contributed by atoms with Crippen LogP contribution in [0.3, 0.4) is 0 Å². The average molecular weight is 339 g/mol. The van der Waals surface area contributed by atoms with Crippen molar-refractivity contribution >= 4 is 11.9 Å². The molecule has 4 nitrogen and oxygen atoms in total. The van der Waals surface area contributed by atoms with Gasteiger partial charge in [0.25, 0.3) is 5.91 Å². The summed E-state index contributed by atoms with van der Waals surface area (Å²) in [7, 11) is 0. The van der Waals surface area contributed by atoms with Gasteiger partial charge in [0.2, 0.25) is 0 Å². The molecule has 0 saturated heterocycles. The van der Waals surface area contributed by atoms with E-state index in [2.05, 4.69) is 17.4 Å². The standard InChI is InChI=1S/C21H25NO3/c1-15-9-10-16(2)19(13-15)21(24)25-14-20(23)22-17(3)11-12-18-7-5-4-6-8-18/h4-10,13,17H,11-12,14H2,1-3H3,(H,22,23). The van der Waals surface area contributed by atoms with E-state index in [-0.39, 0.29) is 18.6 Å². The number of carbonyl (C=O) groups excluding carboxylic acids is 2. The van der Waals surface area contributed by atoms with Crippen molar-refractivity contribution < 1.29 is 14.3 Å². The maximum absolute atomic E-state index is 12.1. The zero-order valence-electron chi connectivity index (χ0n) is 15.0. The van der Waals surface area contributed by atoms with Gasteiger partial charge in [0.15, 0.2) is 6.61 Å². The highest BCUT2D eigenvalue weighted by Gasteiger charge is 2.14. The third-order valence-electron chi connectivity index (χ3n) is 4.06. The van der Waals surface area contributed by atoms with Crippen molar-refractivity contribution in [2.75, 3.05) is 6.61 Å². The highest BCUT2D eigenvalue weighted by atomic mass is 16.5. The lowest BCUT2D eigenvalue weighted by atomic mass is 10.1. The Kier molecular flexibility index (Phi) is 6.75. The maximum Gasteiger partial charge on any atom is 0.338 e. The van der Waals surface area contributed by atoms with Gasteiger partial charge in [0, 0.05) is 6.04 Å². The molecule has 2 rings (SSSR count). The second-order valence-corrected chi connectivity index (χ2v) is 6.39. The van der Waals surface area contributed by atoms with E-state index in [9.17, 15) is 9.59 Å². The number of ether oxygens (including phenoxy) is 1. The van der Waals surface area contributed by atoms with Gasteiger partial charge in [-0.1, -0.05) is 48.0 Å². The topological polar surface area (TPSA) is 55.4 Å². The van der Waals surface area contributed by atoms with Gasteiger partial charge in [-0.05, 0) is 50.8 Å². The van der Waals surface area contributed by atoms with Crippen LogP contribution in [0.2, 0.25) is 0 Å². The Balaban J connectivity index is 1.76. The first-order valence-electron chi connectivity index (χ1n) is 8.53. The van der Waals surface area contributed by atoms with Crippen molar-refractivity contribution in [2.45, 2.75) is 39.7 Å². The molecule has 25 heavy (non-hydrogen) atoms. The summed E-state index contributed by atoms with van der Waals surface area (Å²) in [5.74, 6) is -0.743. The van der Waals surface area contributed by atoms with Crippen LogP contribution in [0.5, 0.6) is 0 Å². The van der Waals surface area contributed by atoms with E-state index in [1.54, 1.807) is 6.07 Å². The second kappa shape index (κ2) is 9.02. The smallest absolute Gasteiger partial charge is 0.338 e. The molecule has 1 amide bonds. The molecule has 132 valence electrons. The number of esters is 1. The molecule has 0 aliphatic carbocycles. The van der Waals surface area contributed by atoms with Crippen molar-refractivity contribution in [3.63, 3.8) is 0 Å². The predicted octanol–water partition coefficient (Wildman–Crippen LogP) is 3.60. The minimum atomic E-state index is -0.465. The highest BCUT2D eigenvalue weighted by Crippen LogP contribution is 2.12. The van der Waals surface area contributed by atoms with Gasteiger partial charge in [-0.15, -0.1) is 0 Å². The van der Waals surface area contributed by atoms with Crippen molar-refractivity contribution in [1.29, 1.82) is 0 Å². The molecule has 0 aromatic heterocycles. The van der Waals surface area contributed by atoms with E-state index >= 15 is 0 Å². The summed E-state index contributed by atoms with van der Waals surface area (Å²) >= 11 is 0. The van der Waals surface area contributed by atoms with E-state index < -0.39 is 5.97 Å². The fourth-order valence-corrected chi connectivity index (χ4v) is 2.58. The Hall–Kier alpha value is -2.62. The van der Waals surface area contributed by atoms with Crippen LogP contribution >= 0.6 is 0 Å². The average Bonchev–Trinajstić information content (AvgIpc) is 2.61. The van der Waals surface area contributed by atoms with Crippen molar-refractivity contribution in [1.82, 2.24) is 5.32 Å². The van der Waals surface area contributed by atoms with Crippen molar-refractivity contribution in [3.8, 4) is 0 Å². The molecule has 2 aromatic rings. The summed E-state index contributed by atoms with van der Waals surface area (Å²) in [4.78, 5) is 24.1. The van der Waals surface area contributed by atoms with Gasteiger partial charge < -0.3 is 10.1 Å². The highest BCUT2D eigenvalue weighted by molar-refractivity contribution is 5.92. The fourth-order valence-electron chi connectivity index (χ4n) is 2.58. The Morgan fingerprint density at radius 1 is 1.08 bits per heavy atom. The SMILES string of the molecule is Cc1ccc(C)c(C(=O)OCC(=O)NC(C)CCc2ccccc2)c1. The lowest BCUT2D eigenvalue weighted by Gasteiger charge is -2.14. The molecule has 0 aliphatic rings. The predicted molar refractivity (Wildman–Crippen MR) is 98.6 cm³/mol. The molecule has 1 N–H and O–H groups in total. The molecule has 0 heterocycles. The minimum Gasteiger partial charge on any atom is -0.452 e.